The molecule has 0 radical (unpaired) electrons. The molecular weight excluding hydrogens is 458 g/mol. The quantitative estimate of drug-likeness (QED) is 0.210. The van der Waals surface area contributed by atoms with Crippen molar-refractivity contribution in [3.05, 3.63) is 23.8 Å². The van der Waals surface area contributed by atoms with Gasteiger partial charge in [-0.25, -0.2) is 0 Å². The number of aliphatic hydroxyl groups excluding tert-OH is 1. The van der Waals surface area contributed by atoms with E-state index in [9.17, 15) is 9.90 Å². The Bertz CT molecular complexity index is 761. The number of benzene rings is 1. The van der Waals surface area contributed by atoms with Gasteiger partial charge >= 0.3 is 0 Å². The Morgan fingerprint density at radius 2 is 1.81 bits per heavy atom. The van der Waals surface area contributed by atoms with Crippen molar-refractivity contribution < 1.29 is 24.1 Å². The first-order valence-corrected chi connectivity index (χ1v) is 13.4. The predicted molar refractivity (Wildman–Crippen MR) is 145 cm³/mol. The van der Waals surface area contributed by atoms with Crippen molar-refractivity contribution in [1.82, 2.24) is 5.32 Å². The summed E-state index contributed by atoms with van der Waals surface area (Å²) in [5, 5.41) is 14.2. The van der Waals surface area contributed by atoms with Crippen LogP contribution < -0.4 is 26.3 Å². The molecule has 1 aromatic rings. The van der Waals surface area contributed by atoms with Crippen molar-refractivity contribution in [2.45, 2.75) is 84.3 Å². The summed E-state index contributed by atoms with van der Waals surface area (Å²) in [6.07, 6.45) is 2.62. The van der Waals surface area contributed by atoms with E-state index in [0.29, 0.717) is 69.1 Å². The van der Waals surface area contributed by atoms with Crippen molar-refractivity contribution in [2.75, 3.05) is 40.0 Å². The lowest BCUT2D eigenvalue weighted by molar-refractivity contribution is -0.127. The molecule has 0 saturated heterocycles. The fraction of sp³-hybridized carbons (Fsp3) is 0.750. The van der Waals surface area contributed by atoms with E-state index in [1.165, 1.54) is 0 Å². The minimum Gasteiger partial charge on any atom is -0.490 e. The van der Waals surface area contributed by atoms with Crippen LogP contribution >= 0.6 is 0 Å². The second kappa shape index (κ2) is 16.8. The van der Waals surface area contributed by atoms with Crippen LogP contribution in [0.2, 0.25) is 0 Å². The Kier molecular flexibility index (Phi) is 15.0. The Morgan fingerprint density at radius 1 is 1.11 bits per heavy atom. The number of hydrogen-bond acceptors (Lipinski definition) is 7. The smallest absolute Gasteiger partial charge is 0.230 e. The molecule has 0 unspecified atom stereocenters. The molecule has 0 aliphatic heterocycles. The maximum atomic E-state index is 13.5. The van der Waals surface area contributed by atoms with Crippen LogP contribution in [0.4, 0.5) is 0 Å². The summed E-state index contributed by atoms with van der Waals surface area (Å²) in [7, 11) is 1.65. The Morgan fingerprint density at radius 3 is 2.42 bits per heavy atom. The van der Waals surface area contributed by atoms with E-state index in [1.54, 1.807) is 13.2 Å². The van der Waals surface area contributed by atoms with Gasteiger partial charge in [0, 0.05) is 39.3 Å². The molecule has 1 amide bonds. The second-order valence-corrected chi connectivity index (χ2v) is 10.3. The lowest BCUT2D eigenvalue weighted by Gasteiger charge is -2.34. The first-order chi connectivity index (χ1) is 17.1. The van der Waals surface area contributed by atoms with Crippen LogP contribution in [-0.2, 0) is 14.9 Å². The lowest BCUT2D eigenvalue weighted by atomic mass is 9.74. The van der Waals surface area contributed by atoms with Gasteiger partial charge in [-0.15, -0.1) is 0 Å². The Hall–Kier alpha value is -1.87. The van der Waals surface area contributed by atoms with Crippen LogP contribution in [0, 0.1) is 11.8 Å². The Labute approximate surface area is 218 Å². The first kappa shape index (κ1) is 32.2. The van der Waals surface area contributed by atoms with Crippen molar-refractivity contribution in [1.29, 1.82) is 0 Å². The molecule has 0 fully saturated rings. The van der Waals surface area contributed by atoms with Gasteiger partial charge in [-0.3, -0.25) is 4.79 Å². The van der Waals surface area contributed by atoms with Crippen molar-refractivity contribution >= 4 is 5.91 Å². The molecule has 208 valence electrons. The molecule has 8 nitrogen and oxygen atoms in total. The van der Waals surface area contributed by atoms with E-state index in [0.717, 1.165) is 18.4 Å². The third kappa shape index (κ3) is 10.2. The maximum absolute atomic E-state index is 13.5. The van der Waals surface area contributed by atoms with Crippen molar-refractivity contribution in [3.63, 3.8) is 0 Å². The number of nitrogens with two attached hydrogens (primary N) is 2. The van der Waals surface area contributed by atoms with Crippen molar-refractivity contribution in [3.8, 4) is 11.5 Å². The predicted octanol–water partition coefficient (Wildman–Crippen LogP) is 3.37. The molecule has 0 heterocycles. The van der Waals surface area contributed by atoms with E-state index >= 15 is 0 Å². The van der Waals surface area contributed by atoms with Gasteiger partial charge in [0.1, 0.15) is 6.61 Å². The summed E-state index contributed by atoms with van der Waals surface area (Å²) in [5.74, 6) is 1.80. The van der Waals surface area contributed by atoms with E-state index in [4.69, 9.17) is 25.7 Å². The molecule has 4 atom stereocenters. The van der Waals surface area contributed by atoms with Gasteiger partial charge in [0.25, 0.3) is 0 Å². The van der Waals surface area contributed by atoms with E-state index in [2.05, 4.69) is 33.0 Å². The van der Waals surface area contributed by atoms with E-state index in [-0.39, 0.29) is 12.3 Å². The third-order valence-corrected chi connectivity index (χ3v) is 6.92. The van der Waals surface area contributed by atoms with Gasteiger partial charge in [-0.1, -0.05) is 40.2 Å². The number of amides is 1. The molecule has 0 aromatic heterocycles. The van der Waals surface area contributed by atoms with Crippen LogP contribution in [0.3, 0.4) is 0 Å². The maximum Gasteiger partial charge on any atom is 0.230 e. The number of hydrogen-bond donors (Lipinski definition) is 4. The fourth-order valence-electron chi connectivity index (χ4n) is 3.98. The highest BCUT2D eigenvalue weighted by Gasteiger charge is 2.39. The molecule has 8 heteroatoms. The van der Waals surface area contributed by atoms with Gasteiger partial charge in [-0.05, 0) is 55.7 Å². The van der Waals surface area contributed by atoms with E-state index in [1.807, 2.05) is 19.1 Å². The standard InChI is InChI=1S/C28H51N3O5/c1-7-8-13-31-27(33)28(5,19-24(32)23(30)17-21(4)20(2)3)22-10-11-25(36-16-12-29)26(18-22)35-15-9-14-34-6/h10-11,18,20-21,23-24,32H,7-9,12-17,19,29-30H2,1-6H3,(H,31,33)/t21-,23-,24-,28+/m0/s1. The Balaban J connectivity index is 3.29. The summed E-state index contributed by atoms with van der Waals surface area (Å²) < 4.78 is 16.9. The summed E-state index contributed by atoms with van der Waals surface area (Å²) in [6, 6.07) is 5.08. The fourth-order valence-corrected chi connectivity index (χ4v) is 3.98. The van der Waals surface area contributed by atoms with Crippen LogP contribution in [0.15, 0.2) is 18.2 Å². The minimum absolute atomic E-state index is 0.139. The highest BCUT2D eigenvalue weighted by molar-refractivity contribution is 5.88. The average molecular weight is 510 g/mol. The minimum atomic E-state index is -1.01. The van der Waals surface area contributed by atoms with Gasteiger partial charge in [0.05, 0.1) is 18.1 Å². The SMILES string of the molecule is CCCCNC(=O)[C@](C)(C[C@H](O)[C@@H](N)C[C@H](C)C(C)C)c1ccc(OCCN)c(OCCCOC)c1. The summed E-state index contributed by atoms with van der Waals surface area (Å²) in [6.45, 7) is 12.7. The van der Waals surface area contributed by atoms with Crippen LogP contribution in [0.5, 0.6) is 11.5 Å². The lowest BCUT2D eigenvalue weighted by Crippen LogP contribution is -2.48. The molecular formula is C28H51N3O5. The molecule has 0 aliphatic carbocycles. The number of nitrogens with one attached hydrogen (secondary N) is 1. The summed E-state index contributed by atoms with van der Waals surface area (Å²) in [4.78, 5) is 13.5. The number of methoxy groups -OCH3 is 1. The molecule has 1 aromatic carbocycles. The van der Waals surface area contributed by atoms with Gasteiger partial charge in [0.15, 0.2) is 11.5 Å². The normalized spacial score (nSPS) is 15.7. The molecule has 0 aliphatic rings. The first-order valence-electron chi connectivity index (χ1n) is 13.4. The van der Waals surface area contributed by atoms with Crippen molar-refractivity contribution in [2.24, 2.45) is 23.3 Å². The van der Waals surface area contributed by atoms with E-state index < -0.39 is 17.6 Å². The summed E-state index contributed by atoms with van der Waals surface area (Å²) >= 11 is 0. The zero-order valence-electron chi connectivity index (χ0n) is 23.3. The van der Waals surface area contributed by atoms with Gasteiger partial charge < -0.3 is 36.1 Å². The van der Waals surface area contributed by atoms with Gasteiger partial charge in [-0.2, -0.15) is 0 Å². The monoisotopic (exact) mass is 509 g/mol. The van der Waals surface area contributed by atoms with Crippen LogP contribution in [-0.4, -0.2) is 63.2 Å². The number of carbonyl (C=O) groups is 1. The van der Waals surface area contributed by atoms with Gasteiger partial charge in [0.2, 0.25) is 5.91 Å². The van der Waals surface area contributed by atoms with Crippen LogP contribution in [0.1, 0.15) is 72.3 Å². The second-order valence-electron chi connectivity index (χ2n) is 10.3. The number of aliphatic hydroxyl groups is 1. The largest absolute Gasteiger partial charge is 0.490 e. The molecule has 0 bridgehead atoms. The third-order valence-electron chi connectivity index (χ3n) is 6.92. The average Bonchev–Trinajstić information content (AvgIpc) is 2.85. The highest BCUT2D eigenvalue weighted by atomic mass is 16.5. The molecule has 1 rings (SSSR count). The number of rotatable bonds is 19. The molecule has 36 heavy (non-hydrogen) atoms. The number of ether oxygens (including phenoxy) is 3. The summed E-state index contributed by atoms with van der Waals surface area (Å²) in [5.41, 5.74) is 11.8. The zero-order valence-corrected chi connectivity index (χ0v) is 23.3. The van der Waals surface area contributed by atoms with Crippen LogP contribution in [0.25, 0.3) is 0 Å². The molecule has 0 spiro atoms. The topological polar surface area (TPSA) is 129 Å². The number of unbranched alkanes of at least 4 members (excludes halogenated alkanes) is 1. The zero-order chi connectivity index (χ0) is 27.1. The number of carbonyl (C=O) groups excluding carboxylic acids is 1. The molecule has 0 saturated carbocycles. The highest BCUT2D eigenvalue weighted by Crippen LogP contribution is 2.37. The molecule has 6 N–H and O–H groups in total.